The Kier molecular flexibility index (Phi) is 7.42. The summed E-state index contributed by atoms with van der Waals surface area (Å²) in [6.45, 7) is 3.05. The maximum Gasteiger partial charge on any atom is 0.338 e. The number of hydrogen-bond acceptors (Lipinski definition) is 5. The average molecular weight is 295 g/mol. The third-order valence-electron chi connectivity index (χ3n) is 2.92. The van der Waals surface area contributed by atoms with Crippen molar-refractivity contribution in [2.45, 2.75) is 13.3 Å². The number of esters is 1. The lowest BCUT2D eigenvalue weighted by molar-refractivity contribution is -0.117. The molecule has 0 aliphatic heterocycles. The largest absolute Gasteiger partial charge is 0.465 e. The predicted molar refractivity (Wildman–Crippen MR) is 78.5 cm³/mol. The molecular weight excluding hydrogens is 274 g/mol. The molecule has 0 aromatic heterocycles. The Hall–Kier alpha value is -1.92. The van der Waals surface area contributed by atoms with E-state index in [0.29, 0.717) is 36.6 Å². The number of carbonyl (C=O) groups is 2. The number of amides is 1. The Balaban J connectivity index is 2.54. The molecule has 1 rings (SSSR count). The van der Waals surface area contributed by atoms with Crippen LogP contribution in [0.25, 0.3) is 0 Å². The topological polar surface area (TPSA) is 73.9 Å². The van der Waals surface area contributed by atoms with Crippen LogP contribution in [-0.2, 0) is 19.0 Å². The zero-order valence-corrected chi connectivity index (χ0v) is 12.6. The molecule has 0 saturated heterocycles. The van der Waals surface area contributed by atoms with Gasteiger partial charge in [-0.15, -0.1) is 0 Å². The molecule has 0 atom stereocenters. The van der Waals surface area contributed by atoms with E-state index in [0.717, 1.165) is 0 Å². The number of carbonyl (C=O) groups excluding carboxylic acids is 2. The van der Waals surface area contributed by atoms with Crippen LogP contribution in [0.15, 0.2) is 18.2 Å². The summed E-state index contributed by atoms with van der Waals surface area (Å²) in [7, 11) is 2.91. The summed E-state index contributed by atoms with van der Waals surface area (Å²) in [4.78, 5) is 23.4. The molecule has 0 saturated carbocycles. The van der Waals surface area contributed by atoms with Gasteiger partial charge in [0.05, 0.1) is 38.9 Å². The highest BCUT2D eigenvalue weighted by Crippen LogP contribution is 2.19. The Labute approximate surface area is 124 Å². The zero-order chi connectivity index (χ0) is 15.7. The third kappa shape index (κ3) is 5.53. The Morgan fingerprint density at radius 3 is 2.57 bits per heavy atom. The number of methoxy groups -OCH3 is 2. The van der Waals surface area contributed by atoms with Gasteiger partial charge in [0.1, 0.15) is 0 Å². The summed E-state index contributed by atoms with van der Waals surface area (Å²) in [6, 6.07) is 5.10. The highest BCUT2D eigenvalue weighted by Gasteiger charge is 2.13. The molecule has 0 radical (unpaired) electrons. The van der Waals surface area contributed by atoms with Gasteiger partial charge in [0, 0.05) is 12.8 Å². The van der Waals surface area contributed by atoms with Crippen LogP contribution in [0.4, 0.5) is 5.69 Å². The van der Waals surface area contributed by atoms with Crippen LogP contribution in [0.3, 0.4) is 0 Å². The fraction of sp³-hybridized carbons (Fsp3) is 0.467. The molecule has 1 N–H and O–H groups in total. The van der Waals surface area contributed by atoms with Crippen molar-refractivity contribution in [2.75, 3.05) is 39.4 Å². The van der Waals surface area contributed by atoms with Crippen molar-refractivity contribution >= 4 is 17.6 Å². The highest BCUT2D eigenvalue weighted by molar-refractivity contribution is 5.96. The van der Waals surface area contributed by atoms with Gasteiger partial charge in [-0.25, -0.2) is 4.79 Å². The van der Waals surface area contributed by atoms with Gasteiger partial charge in [-0.2, -0.15) is 0 Å². The minimum atomic E-state index is -0.425. The van der Waals surface area contributed by atoms with E-state index in [-0.39, 0.29) is 12.3 Å². The molecule has 0 unspecified atom stereocenters. The van der Waals surface area contributed by atoms with Crippen molar-refractivity contribution in [3.63, 3.8) is 0 Å². The van der Waals surface area contributed by atoms with E-state index in [9.17, 15) is 9.59 Å². The molecule has 1 amide bonds. The van der Waals surface area contributed by atoms with Gasteiger partial charge in [-0.3, -0.25) is 4.79 Å². The number of ether oxygens (including phenoxy) is 3. The number of nitrogens with one attached hydrogen (secondary N) is 1. The Morgan fingerprint density at radius 1 is 1.14 bits per heavy atom. The van der Waals surface area contributed by atoms with Gasteiger partial charge in [0.2, 0.25) is 5.91 Å². The minimum absolute atomic E-state index is 0.169. The first-order valence-corrected chi connectivity index (χ1v) is 6.64. The quantitative estimate of drug-likeness (QED) is 0.584. The third-order valence-corrected chi connectivity index (χ3v) is 2.92. The summed E-state index contributed by atoms with van der Waals surface area (Å²) >= 11 is 0. The van der Waals surface area contributed by atoms with E-state index in [1.807, 2.05) is 0 Å². The summed E-state index contributed by atoms with van der Waals surface area (Å²) < 4.78 is 14.8. The number of rotatable bonds is 8. The second kappa shape index (κ2) is 9.10. The first-order valence-electron chi connectivity index (χ1n) is 6.64. The van der Waals surface area contributed by atoms with E-state index in [1.165, 1.54) is 7.11 Å². The summed E-state index contributed by atoms with van der Waals surface area (Å²) in [5.41, 5.74) is 1.71. The summed E-state index contributed by atoms with van der Waals surface area (Å²) in [6.07, 6.45) is 0.242. The highest BCUT2D eigenvalue weighted by atomic mass is 16.5. The molecule has 0 bridgehead atoms. The Bertz CT molecular complexity index is 487. The minimum Gasteiger partial charge on any atom is -0.465 e. The maximum absolute atomic E-state index is 11.8. The van der Waals surface area contributed by atoms with E-state index in [1.54, 1.807) is 32.2 Å². The number of anilines is 1. The van der Waals surface area contributed by atoms with Crippen LogP contribution in [0.5, 0.6) is 0 Å². The molecule has 0 spiro atoms. The lowest BCUT2D eigenvalue weighted by Crippen LogP contribution is -2.16. The molecular formula is C15H21NO5. The van der Waals surface area contributed by atoms with Crippen molar-refractivity contribution in [3.8, 4) is 0 Å². The second-order valence-electron chi connectivity index (χ2n) is 4.37. The van der Waals surface area contributed by atoms with Crippen molar-refractivity contribution in [1.82, 2.24) is 0 Å². The SMILES string of the molecule is COCCOCCC(=O)Nc1cccc(C(=O)OC)c1C. The lowest BCUT2D eigenvalue weighted by Gasteiger charge is -2.11. The van der Waals surface area contributed by atoms with Gasteiger partial charge in [-0.05, 0) is 24.6 Å². The van der Waals surface area contributed by atoms with Crippen LogP contribution in [0.1, 0.15) is 22.3 Å². The maximum atomic E-state index is 11.8. The van der Waals surface area contributed by atoms with E-state index in [2.05, 4.69) is 5.32 Å². The van der Waals surface area contributed by atoms with E-state index in [4.69, 9.17) is 14.2 Å². The summed E-state index contributed by atoms with van der Waals surface area (Å²) in [5, 5.41) is 2.76. The van der Waals surface area contributed by atoms with Gasteiger partial charge in [0.25, 0.3) is 0 Å². The molecule has 21 heavy (non-hydrogen) atoms. The van der Waals surface area contributed by atoms with Gasteiger partial charge < -0.3 is 19.5 Å². The van der Waals surface area contributed by atoms with Crippen molar-refractivity contribution in [1.29, 1.82) is 0 Å². The molecule has 1 aromatic carbocycles. The summed E-state index contributed by atoms with van der Waals surface area (Å²) in [5.74, 6) is -0.593. The average Bonchev–Trinajstić information content (AvgIpc) is 2.48. The second-order valence-corrected chi connectivity index (χ2v) is 4.37. The van der Waals surface area contributed by atoms with Gasteiger partial charge >= 0.3 is 5.97 Å². The number of benzene rings is 1. The van der Waals surface area contributed by atoms with Gasteiger partial charge in [-0.1, -0.05) is 6.07 Å². The molecule has 1 aromatic rings. The van der Waals surface area contributed by atoms with Crippen LogP contribution >= 0.6 is 0 Å². The van der Waals surface area contributed by atoms with Crippen molar-refractivity contribution in [3.05, 3.63) is 29.3 Å². The van der Waals surface area contributed by atoms with Crippen LogP contribution in [0.2, 0.25) is 0 Å². The first kappa shape index (κ1) is 17.1. The molecule has 0 heterocycles. The molecule has 0 aliphatic carbocycles. The van der Waals surface area contributed by atoms with E-state index < -0.39 is 5.97 Å². The van der Waals surface area contributed by atoms with E-state index >= 15 is 0 Å². The normalized spacial score (nSPS) is 10.2. The van der Waals surface area contributed by atoms with Crippen molar-refractivity contribution < 1.29 is 23.8 Å². The first-order chi connectivity index (χ1) is 10.1. The number of hydrogen-bond donors (Lipinski definition) is 1. The van der Waals surface area contributed by atoms with Gasteiger partial charge in [0.15, 0.2) is 0 Å². The predicted octanol–water partition coefficient (Wildman–Crippen LogP) is 1.77. The molecule has 0 aliphatic rings. The Morgan fingerprint density at radius 2 is 1.90 bits per heavy atom. The molecule has 116 valence electrons. The fourth-order valence-corrected chi connectivity index (χ4v) is 1.72. The van der Waals surface area contributed by atoms with Crippen LogP contribution < -0.4 is 5.32 Å². The van der Waals surface area contributed by atoms with Crippen LogP contribution in [0, 0.1) is 6.92 Å². The fourth-order valence-electron chi connectivity index (χ4n) is 1.72. The lowest BCUT2D eigenvalue weighted by atomic mass is 10.1. The molecule has 0 fully saturated rings. The smallest absolute Gasteiger partial charge is 0.338 e. The monoisotopic (exact) mass is 295 g/mol. The standard InChI is InChI=1S/C15H21NO5/c1-11-12(15(18)20-3)5-4-6-13(11)16-14(17)7-8-21-10-9-19-2/h4-6H,7-10H2,1-3H3,(H,16,17). The molecule has 6 nitrogen and oxygen atoms in total. The van der Waals surface area contributed by atoms with Crippen LogP contribution in [-0.4, -0.2) is 45.9 Å². The molecule has 6 heteroatoms. The van der Waals surface area contributed by atoms with Crippen molar-refractivity contribution in [2.24, 2.45) is 0 Å². The zero-order valence-electron chi connectivity index (χ0n) is 12.6.